The summed E-state index contributed by atoms with van der Waals surface area (Å²) in [5.41, 5.74) is 1.30. The van der Waals surface area contributed by atoms with Crippen molar-refractivity contribution in [2.45, 2.75) is 39.5 Å². The molecule has 0 unspecified atom stereocenters. The van der Waals surface area contributed by atoms with Crippen molar-refractivity contribution >= 4 is 22.9 Å². The molecule has 2 heteroatoms. The number of hydrogen-bond acceptors (Lipinski definition) is 1. The number of halogens is 1. The van der Waals surface area contributed by atoms with Gasteiger partial charge in [0.1, 0.15) is 0 Å². The molecule has 0 saturated carbocycles. The maximum atomic E-state index is 6.22. The quantitative estimate of drug-likeness (QED) is 0.655. The molecular weight excluding hydrogens is 188 g/mol. The zero-order valence-electron chi connectivity index (χ0n) is 8.02. The highest BCUT2D eigenvalue weighted by Crippen LogP contribution is 2.36. The van der Waals surface area contributed by atoms with Gasteiger partial charge in [-0.3, -0.25) is 0 Å². The van der Waals surface area contributed by atoms with Crippen molar-refractivity contribution in [3.8, 4) is 0 Å². The normalized spacial score (nSPS) is 11.6. The fraction of sp³-hybridized carbons (Fsp3) is 0.600. The smallest absolute Gasteiger partial charge is 0.0582 e. The Balaban J connectivity index is 3.04. The molecule has 0 aliphatic carbocycles. The van der Waals surface area contributed by atoms with E-state index in [0.29, 0.717) is 11.8 Å². The standard InChI is InChI=1S/C10H15ClS/c1-6(2)8-5-12-10(7(3)4)9(8)11/h5-7H,1-4H3. The van der Waals surface area contributed by atoms with Crippen LogP contribution in [0.25, 0.3) is 0 Å². The van der Waals surface area contributed by atoms with Crippen LogP contribution in [0.3, 0.4) is 0 Å². The molecule has 0 nitrogen and oxygen atoms in total. The lowest BCUT2D eigenvalue weighted by atomic mass is 10.0. The Morgan fingerprint density at radius 2 is 1.75 bits per heavy atom. The zero-order chi connectivity index (χ0) is 9.30. The van der Waals surface area contributed by atoms with Gasteiger partial charge in [0.15, 0.2) is 0 Å². The first-order valence-corrected chi connectivity index (χ1v) is 5.56. The largest absolute Gasteiger partial charge is 0.147 e. The van der Waals surface area contributed by atoms with E-state index in [2.05, 4.69) is 33.1 Å². The lowest BCUT2D eigenvalue weighted by molar-refractivity contribution is 0.856. The molecule has 1 aromatic heterocycles. The molecule has 0 bridgehead atoms. The Hall–Kier alpha value is -0.0100. The molecule has 1 heterocycles. The van der Waals surface area contributed by atoms with E-state index in [4.69, 9.17) is 11.6 Å². The molecule has 1 aromatic rings. The van der Waals surface area contributed by atoms with Gasteiger partial charge in [0.05, 0.1) is 5.02 Å². The molecule has 0 spiro atoms. The zero-order valence-corrected chi connectivity index (χ0v) is 9.59. The third-order valence-electron chi connectivity index (χ3n) is 1.93. The highest BCUT2D eigenvalue weighted by Gasteiger charge is 2.13. The summed E-state index contributed by atoms with van der Waals surface area (Å²) in [6.07, 6.45) is 0. The monoisotopic (exact) mass is 202 g/mol. The highest BCUT2D eigenvalue weighted by molar-refractivity contribution is 7.10. The van der Waals surface area contributed by atoms with Crippen LogP contribution >= 0.6 is 22.9 Å². The van der Waals surface area contributed by atoms with E-state index < -0.39 is 0 Å². The van der Waals surface area contributed by atoms with Gasteiger partial charge in [-0.25, -0.2) is 0 Å². The number of hydrogen-bond donors (Lipinski definition) is 0. The predicted molar refractivity (Wildman–Crippen MR) is 57.5 cm³/mol. The van der Waals surface area contributed by atoms with Gasteiger partial charge in [0.25, 0.3) is 0 Å². The van der Waals surface area contributed by atoms with Crippen LogP contribution in [0, 0.1) is 0 Å². The van der Waals surface area contributed by atoms with Gasteiger partial charge >= 0.3 is 0 Å². The van der Waals surface area contributed by atoms with E-state index in [1.165, 1.54) is 10.4 Å². The molecular formula is C10H15ClS. The lowest BCUT2D eigenvalue weighted by Gasteiger charge is -2.04. The highest BCUT2D eigenvalue weighted by atomic mass is 35.5. The number of rotatable bonds is 2. The van der Waals surface area contributed by atoms with Crippen LogP contribution in [0.4, 0.5) is 0 Å². The Morgan fingerprint density at radius 1 is 1.17 bits per heavy atom. The number of thiophene rings is 1. The molecule has 0 aliphatic heterocycles. The summed E-state index contributed by atoms with van der Waals surface area (Å²) in [6.45, 7) is 8.72. The average molecular weight is 203 g/mol. The SMILES string of the molecule is CC(C)c1csc(C(C)C)c1Cl. The summed E-state index contributed by atoms with van der Waals surface area (Å²) in [7, 11) is 0. The summed E-state index contributed by atoms with van der Waals surface area (Å²) in [4.78, 5) is 1.32. The molecule has 68 valence electrons. The van der Waals surface area contributed by atoms with Crippen LogP contribution in [0.5, 0.6) is 0 Å². The average Bonchev–Trinajstić information content (AvgIpc) is 2.30. The van der Waals surface area contributed by atoms with E-state index in [1.54, 1.807) is 11.3 Å². The minimum Gasteiger partial charge on any atom is -0.147 e. The molecule has 1 rings (SSSR count). The van der Waals surface area contributed by atoms with Crippen LogP contribution in [0.15, 0.2) is 5.38 Å². The predicted octanol–water partition coefficient (Wildman–Crippen LogP) is 4.65. The van der Waals surface area contributed by atoms with Gasteiger partial charge < -0.3 is 0 Å². The van der Waals surface area contributed by atoms with Gasteiger partial charge in [-0.1, -0.05) is 39.3 Å². The van der Waals surface area contributed by atoms with Gasteiger partial charge in [-0.15, -0.1) is 11.3 Å². The molecule has 0 aromatic carbocycles. The summed E-state index contributed by atoms with van der Waals surface area (Å²) in [5.74, 6) is 1.09. The molecule has 0 aliphatic rings. The van der Waals surface area contributed by atoms with Crippen molar-refractivity contribution in [1.29, 1.82) is 0 Å². The molecule has 0 radical (unpaired) electrons. The molecule has 0 amide bonds. The molecule has 0 N–H and O–H groups in total. The topological polar surface area (TPSA) is 0 Å². The van der Waals surface area contributed by atoms with Crippen molar-refractivity contribution in [1.82, 2.24) is 0 Å². The fourth-order valence-corrected chi connectivity index (χ4v) is 2.98. The van der Waals surface area contributed by atoms with Crippen LogP contribution < -0.4 is 0 Å². The van der Waals surface area contributed by atoms with Crippen molar-refractivity contribution in [3.63, 3.8) is 0 Å². The van der Waals surface area contributed by atoms with Gasteiger partial charge in [0, 0.05) is 4.88 Å². The van der Waals surface area contributed by atoms with E-state index in [-0.39, 0.29) is 0 Å². The molecule has 0 atom stereocenters. The van der Waals surface area contributed by atoms with Crippen LogP contribution in [0.2, 0.25) is 5.02 Å². The van der Waals surface area contributed by atoms with Crippen molar-refractivity contribution in [3.05, 3.63) is 20.8 Å². The summed E-state index contributed by atoms with van der Waals surface area (Å²) >= 11 is 8.01. The lowest BCUT2D eigenvalue weighted by Crippen LogP contribution is -1.87. The minimum absolute atomic E-state index is 0.543. The molecule has 0 saturated heterocycles. The second kappa shape index (κ2) is 3.80. The first-order chi connectivity index (χ1) is 5.54. The maximum absolute atomic E-state index is 6.22. The van der Waals surface area contributed by atoms with Gasteiger partial charge in [-0.05, 0) is 22.8 Å². The van der Waals surface area contributed by atoms with E-state index in [9.17, 15) is 0 Å². The van der Waals surface area contributed by atoms with Crippen LogP contribution in [-0.2, 0) is 0 Å². The summed E-state index contributed by atoms with van der Waals surface area (Å²) in [6, 6.07) is 0. The Kier molecular flexibility index (Phi) is 3.19. The van der Waals surface area contributed by atoms with E-state index in [0.717, 1.165) is 5.02 Å². The summed E-state index contributed by atoms with van der Waals surface area (Å²) in [5, 5.41) is 3.17. The Labute approximate surface area is 83.6 Å². The van der Waals surface area contributed by atoms with Crippen LogP contribution in [-0.4, -0.2) is 0 Å². The first-order valence-electron chi connectivity index (χ1n) is 4.30. The maximum Gasteiger partial charge on any atom is 0.0582 e. The minimum atomic E-state index is 0.543. The van der Waals surface area contributed by atoms with Crippen molar-refractivity contribution < 1.29 is 0 Å². The summed E-state index contributed by atoms with van der Waals surface area (Å²) < 4.78 is 0. The van der Waals surface area contributed by atoms with Crippen LogP contribution in [0.1, 0.15) is 50.0 Å². The fourth-order valence-electron chi connectivity index (χ4n) is 1.15. The molecule has 12 heavy (non-hydrogen) atoms. The van der Waals surface area contributed by atoms with Gasteiger partial charge in [0.2, 0.25) is 0 Å². The second-order valence-corrected chi connectivity index (χ2v) is 4.97. The van der Waals surface area contributed by atoms with Gasteiger partial charge in [-0.2, -0.15) is 0 Å². The second-order valence-electron chi connectivity index (χ2n) is 3.68. The third kappa shape index (κ3) is 1.83. The van der Waals surface area contributed by atoms with Crippen molar-refractivity contribution in [2.24, 2.45) is 0 Å². The first kappa shape index (κ1) is 10.1. The third-order valence-corrected chi connectivity index (χ3v) is 3.76. The van der Waals surface area contributed by atoms with Crippen molar-refractivity contribution in [2.75, 3.05) is 0 Å². The molecule has 0 fully saturated rings. The van der Waals surface area contributed by atoms with E-state index in [1.807, 2.05) is 0 Å². The Bertz CT molecular complexity index is 235. The Morgan fingerprint density at radius 3 is 2.00 bits per heavy atom. The van der Waals surface area contributed by atoms with E-state index >= 15 is 0 Å².